The molecule has 0 amide bonds. The molecule has 0 saturated carbocycles. The van der Waals surface area contributed by atoms with Crippen molar-refractivity contribution < 1.29 is 5.11 Å². The molecule has 0 aromatic rings. The third-order valence-electron chi connectivity index (χ3n) is 5.17. The van der Waals surface area contributed by atoms with Crippen LogP contribution in [0.3, 0.4) is 0 Å². The number of nitroso groups, excluding NO2 is 1. The Labute approximate surface area is 159 Å². The smallest absolute Gasteiger partial charge is 0.191 e. The molecule has 1 atom stereocenters. The molecule has 0 saturated heterocycles. The van der Waals surface area contributed by atoms with Crippen LogP contribution < -0.4 is 0 Å². The van der Waals surface area contributed by atoms with E-state index < -0.39 is 0 Å². The minimum atomic E-state index is -0.263. The van der Waals surface area contributed by atoms with E-state index >= 15 is 0 Å². The summed E-state index contributed by atoms with van der Waals surface area (Å²) >= 11 is 0. The Balaban J connectivity index is 1.79. The molecule has 1 N–H and O–H groups in total. The van der Waals surface area contributed by atoms with Crippen LogP contribution in [0.15, 0.2) is 27.6 Å². The van der Waals surface area contributed by atoms with Crippen molar-refractivity contribution in [1.82, 2.24) is 0 Å². The molecular formula is C21H39N3O2. The van der Waals surface area contributed by atoms with E-state index in [1.165, 1.54) is 64.2 Å². The van der Waals surface area contributed by atoms with Gasteiger partial charge in [-0.1, -0.05) is 75.6 Å². The van der Waals surface area contributed by atoms with Crippen molar-refractivity contribution in [2.24, 2.45) is 15.4 Å². The topological polar surface area (TPSA) is 74.4 Å². The fourth-order valence-electron chi connectivity index (χ4n) is 3.44. The molecule has 0 aliphatic carbocycles. The SMILES string of the molecule is CCCC1(CCCCCCCCCCC/C=C/C[C@H](CCO)N=O)N=N1. The molecule has 0 unspecified atom stereocenters. The Morgan fingerprint density at radius 1 is 0.923 bits per heavy atom. The van der Waals surface area contributed by atoms with Gasteiger partial charge >= 0.3 is 0 Å². The summed E-state index contributed by atoms with van der Waals surface area (Å²) < 4.78 is 0. The van der Waals surface area contributed by atoms with Crippen molar-refractivity contribution >= 4 is 0 Å². The highest BCUT2D eigenvalue weighted by Gasteiger charge is 2.37. The Morgan fingerprint density at radius 2 is 1.54 bits per heavy atom. The van der Waals surface area contributed by atoms with Gasteiger partial charge in [-0.3, -0.25) is 0 Å². The molecule has 26 heavy (non-hydrogen) atoms. The van der Waals surface area contributed by atoms with Gasteiger partial charge in [-0.2, -0.15) is 15.1 Å². The monoisotopic (exact) mass is 365 g/mol. The molecule has 5 heteroatoms. The summed E-state index contributed by atoms with van der Waals surface area (Å²) in [6, 6.07) is -0.263. The summed E-state index contributed by atoms with van der Waals surface area (Å²) in [7, 11) is 0. The van der Waals surface area contributed by atoms with E-state index in [0.29, 0.717) is 12.8 Å². The van der Waals surface area contributed by atoms with Gasteiger partial charge in [0.15, 0.2) is 5.66 Å². The van der Waals surface area contributed by atoms with Gasteiger partial charge in [0, 0.05) is 6.61 Å². The highest BCUT2D eigenvalue weighted by Crippen LogP contribution is 2.38. The molecule has 0 bridgehead atoms. The zero-order chi connectivity index (χ0) is 18.9. The Kier molecular flexibility index (Phi) is 13.2. The van der Waals surface area contributed by atoms with Crippen molar-refractivity contribution in [1.29, 1.82) is 0 Å². The van der Waals surface area contributed by atoms with Gasteiger partial charge in [0.05, 0.1) is 6.04 Å². The average Bonchev–Trinajstić information content (AvgIpc) is 3.41. The number of allylic oxidation sites excluding steroid dienone is 1. The van der Waals surface area contributed by atoms with E-state index in [4.69, 9.17) is 5.11 Å². The first-order valence-corrected chi connectivity index (χ1v) is 10.8. The minimum absolute atomic E-state index is 0.0372. The number of hydrogen-bond donors (Lipinski definition) is 1. The maximum absolute atomic E-state index is 10.5. The zero-order valence-corrected chi connectivity index (χ0v) is 16.7. The highest BCUT2D eigenvalue weighted by molar-refractivity contribution is 4.92. The van der Waals surface area contributed by atoms with Gasteiger partial charge in [0.25, 0.3) is 0 Å². The molecule has 0 radical (unpaired) electrons. The lowest BCUT2D eigenvalue weighted by Crippen LogP contribution is -2.09. The van der Waals surface area contributed by atoms with Gasteiger partial charge in [-0.15, -0.1) is 0 Å². The van der Waals surface area contributed by atoms with E-state index in [1.54, 1.807) is 0 Å². The molecule has 150 valence electrons. The molecule has 0 spiro atoms. The second-order valence-corrected chi connectivity index (χ2v) is 7.63. The van der Waals surface area contributed by atoms with Gasteiger partial charge in [0.2, 0.25) is 0 Å². The minimum Gasteiger partial charge on any atom is -0.396 e. The summed E-state index contributed by atoms with van der Waals surface area (Å²) in [6.07, 6.45) is 21.8. The lowest BCUT2D eigenvalue weighted by molar-refractivity contribution is 0.276. The Morgan fingerprint density at radius 3 is 2.08 bits per heavy atom. The van der Waals surface area contributed by atoms with Crippen molar-refractivity contribution in [3.63, 3.8) is 0 Å². The van der Waals surface area contributed by atoms with E-state index in [9.17, 15) is 4.91 Å². The van der Waals surface area contributed by atoms with Crippen LogP contribution in [0, 0.1) is 4.91 Å². The predicted molar refractivity (Wildman–Crippen MR) is 108 cm³/mol. The largest absolute Gasteiger partial charge is 0.396 e. The second kappa shape index (κ2) is 15.0. The lowest BCUT2D eigenvalue weighted by atomic mass is 9.99. The summed E-state index contributed by atoms with van der Waals surface area (Å²) in [5.74, 6) is 0. The molecule has 0 aromatic heterocycles. The Hall–Kier alpha value is -1.10. The van der Waals surface area contributed by atoms with E-state index in [-0.39, 0.29) is 18.3 Å². The van der Waals surface area contributed by atoms with Gasteiger partial charge in [-0.25, -0.2) is 0 Å². The molecule has 5 nitrogen and oxygen atoms in total. The number of aliphatic hydroxyl groups is 1. The molecule has 0 aromatic carbocycles. The van der Waals surface area contributed by atoms with Crippen LogP contribution in [0.1, 0.15) is 103 Å². The number of nitrogens with zero attached hydrogens (tertiary/aromatic N) is 3. The third kappa shape index (κ3) is 11.5. The lowest BCUT2D eigenvalue weighted by Gasteiger charge is -2.08. The maximum atomic E-state index is 10.5. The Bertz CT molecular complexity index is 404. The summed E-state index contributed by atoms with van der Waals surface area (Å²) in [5.41, 5.74) is 0.0483. The number of aliphatic hydroxyl groups excluding tert-OH is 1. The quantitative estimate of drug-likeness (QED) is 0.157. The van der Waals surface area contributed by atoms with E-state index in [0.717, 1.165) is 19.3 Å². The first-order valence-electron chi connectivity index (χ1n) is 10.8. The van der Waals surface area contributed by atoms with Crippen molar-refractivity contribution in [3.05, 3.63) is 17.1 Å². The van der Waals surface area contributed by atoms with Crippen LogP contribution in [0.5, 0.6) is 0 Å². The number of rotatable bonds is 19. The van der Waals surface area contributed by atoms with E-state index in [1.807, 2.05) is 6.08 Å². The van der Waals surface area contributed by atoms with Crippen LogP contribution in [0.4, 0.5) is 0 Å². The van der Waals surface area contributed by atoms with Crippen LogP contribution in [-0.2, 0) is 0 Å². The average molecular weight is 366 g/mol. The van der Waals surface area contributed by atoms with Crippen LogP contribution in [-0.4, -0.2) is 23.4 Å². The third-order valence-corrected chi connectivity index (χ3v) is 5.17. The highest BCUT2D eigenvalue weighted by atomic mass is 16.3. The van der Waals surface area contributed by atoms with Crippen LogP contribution >= 0.6 is 0 Å². The zero-order valence-electron chi connectivity index (χ0n) is 16.7. The number of hydrogen-bond acceptors (Lipinski definition) is 5. The summed E-state index contributed by atoms with van der Waals surface area (Å²) in [6.45, 7) is 2.25. The number of unbranched alkanes of at least 4 members (excludes halogenated alkanes) is 9. The van der Waals surface area contributed by atoms with Crippen molar-refractivity contribution in [2.75, 3.05) is 6.61 Å². The maximum Gasteiger partial charge on any atom is 0.191 e. The van der Waals surface area contributed by atoms with Crippen molar-refractivity contribution in [2.45, 2.75) is 115 Å². The van der Waals surface area contributed by atoms with Gasteiger partial charge in [0.1, 0.15) is 0 Å². The van der Waals surface area contributed by atoms with Crippen LogP contribution in [0.2, 0.25) is 0 Å². The first-order chi connectivity index (χ1) is 12.8. The molecule has 0 fully saturated rings. The summed E-state index contributed by atoms with van der Waals surface area (Å²) in [5, 5.41) is 20.3. The van der Waals surface area contributed by atoms with Gasteiger partial charge in [-0.05, 0) is 44.9 Å². The molecule has 1 heterocycles. The van der Waals surface area contributed by atoms with Crippen LogP contribution in [0.25, 0.3) is 0 Å². The molecular weight excluding hydrogens is 326 g/mol. The normalized spacial score (nSPS) is 16.2. The van der Waals surface area contributed by atoms with E-state index in [2.05, 4.69) is 28.4 Å². The second-order valence-electron chi connectivity index (χ2n) is 7.63. The van der Waals surface area contributed by atoms with Gasteiger partial charge < -0.3 is 5.11 Å². The standard InChI is InChI=1S/C21H39N3O2/c1-2-17-21(23-24-21)18-14-12-10-8-6-4-3-5-7-9-11-13-15-20(22-26)16-19-25/h11,13,20,25H,2-10,12,14-19H2,1H3/b13-11+/t20-/m1/s1. The molecule has 1 aliphatic rings. The first kappa shape index (κ1) is 22.9. The molecule has 1 rings (SSSR count). The fourth-order valence-corrected chi connectivity index (χ4v) is 3.44. The van der Waals surface area contributed by atoms with Crippen molar-refractivity contribution in [3.8, 4) is 0 Å². The fraction of sp³-hybridized carbons (Fsp3) is 0.905. The summed E-state index contributed by atoms with van der Waals surface area (Å²) in [4.78, 5) is 10.5. The predicted octanol–water partition coefficient (Wildman–Crippen LogP) is 6.70. The molecule has 1 aliphatic heterocycles.